The van der Waals surface area contributed by atoms with Gasteiger partial charge in [-0.25, -0.2) is 15.3 Å². The van der Waals surface area contributed by atoms with Crippen LogP contribution in [0, 0.1) is 6.92 Å². The molecule has 2 saturated heterocycles. The molecule has 1 atom stereocenters. The molecule has 0 bridgehead atoms. The van der Waals surface area contributed by atoms with Gasteiger partial charge in [0.25, 0.3) is 11.8 Å². The largest absolute Gasteiger partial charge is 0.367 e. The molecule has 1 aromatic carbocycles. The van der Waals surface area contributed by atoms with Crippen LogP contribution in [0.5, 0.6) is 0 Å². The SMILES string of the molecule is Cc1ccc(C(=O)N2CCC(Nc3ccc(C=CC(=O)NOC4CCCCO4)cn3)CC2)cc1. The van der Waals surface area contributed by atoms with Gasteiger partial charge in [0.05, 0.1) is 0 Å². The van der Waals surface area contributed by atoms with Crippen LogP contribution in [0.15, 0.2) is 48.7 Å². The Morgan fingerprint density at radius 2 is 1.88 bits per heavy atom. The molecule has 2 N–H and O–H groups in total. The lowest BCUT2D eigenvalue weighted by atomic mass is 10.0. The summed E-state index contributed by atoms with van der Waals surface area (Å²) >= 11 is 0. The maximum Gasteiger partial charge on any atom is 0.267 e. The third kappa shape index (κ3) is 6.88. The van der Waals surface area contributed by atoms with Crippen LogP contribution in [-0.4, -0.2) is 53.7 Å². The lowest BCUT2D eigenvalue weighted by molar-refractivity contribution is -0.198. The Bertz CT molecular complexity index is 977. The van der Waals surface area contributed by atoms with E-state index < -0.39 is 0 Å². The smallest absolute Gasteiger partial charge is 0.267 e. The Kier molecular flexibility index (Phi) is 8.27. The maximum absolute atomic E-state index is 12.7. The quantitative estimate of drug-likeness (QED) is 0.480. The highest BCUT2D eigenvalue weighted by molar-refractivity contribution is 5.94. The van der Waals surface area contributed by atoms with Crippen molar-refractivity contribution in [2.24, 2.45) is 0 Å². The van der Waals surface area contributed by atoms with Crippen LogP contribution in [-0.2, 0) is 14.4 Å². The molecule has 2 fully saturated rings. The Balaban J connectivity index is 1.19. The number of rotatable bonds is 7. The van der Waals surface area contributed by atoms with Crippen LogP contribution in [0.3, 0.4) is 0 Å². The second kappa shape index (κ2) is 11.8. The van der Waals surface area contributed by atoms with Crippen molar-refractivity contribution in [1.29, 1.82) is 0 Å². The Hall–Kier alpha value is -3.23. The van der Waals surface area contributed by atoms with E-state index in [1.807, 2.05) is 48.2 Å². The number of hydroxylamine groups is 1. The molecule has 2 aromatic rings. The first-order valence-electron chi connectivity index (χ1n) is 11.9. The summed E-state index contributed by atoms with van der Waals surface area (Å²) in [5.41, 5.74) is 5.10. The number of hydrogen-bond donors (Lipinski definition) is 2. The number of pyridine rings is 1. The molecule has 2 aliphatic rings. The predicted octanol–water partition coefficient (Wildman–Crippen LogP) is 3.69. The summed E-state index contributed by atoms with van der Waals surface area (Å²) in [4.78, 5) is 36.3. The van der Waals surface area contributed by atoms with Crippen molar-refractivity contribution in [2.75, 3.05) is 25.0 Å². The summed E-state index contributed by atoms with van der Waals surface area (Å²) in [7, 11) is 0. The minimum absolute atomic E-state index is 0.0911. The Labute approximate surface area is 200 Å². The minimum atomic E-state index is -0.370. The monoisotopic (exact) mass is 464 g/mol. The first-order valence-corrected chi connectivity index (χ1v) is 11.9. The number of nitrogens with zero attached hydrogens (tertiary/aromatic N) is 2. The number of benzene rings is 1. The predicted molar refractivity (Wildman–Crippen MR) is 130 cm³/mol. The van der Waals surface area contributed by atoms with Crippen LogP contribution in [0.4, 0.5) is 5.82 Å². The summed E-state index contributed by atoms with van der Waals surface area (Å²) in [6.45, 7) is 4.11. The molecule has 180 valence electrons. The molecular weight excluding hydrogens is 432 g/mol. The van der Waals surface area contributed by atoms with Gasteiger partial charge in [-0.2, -0.15) is 0 Å². The first kappa shape index (κ1) is 23.9. The van der Waals surface area contributed by atoms with Crippen molar-refractivity contribution in [1.82, 2.24) is 15.4 Å². The average Bonchev–Trinajstić information content (AvgIpc) is 2.88. The molecule has 0 aliphatic carbocycles. The van der Waals surface area contributed by atoms with Crippen molar-refractivity contribution in [3.05, 3.63) is 65.4 Å². The number of carbonyl (C=O) groups is 2. The molecule has 2 aliphatic heterocycles. The summed E-state index contributed by atoms with van der Waals surface area (Å²) in [6, 6.07) is 11.8. The zero-order valence-corrected chi connectivity index (χ0v) is 19.5. The molecule has 1 unspecified atom stereocenters. The number of amides is 2. The number of ether oxygens (including phenoxy) is 1. The number of hydrogen-bond acceptors (Lipinski definition) is 6. The normalized spacial score (nSPS) is 19.2. The van der Waals surface area contributed by atoms with Gasteiger partial charge in [0.2, 0.25) is 0 Å². The van der Waals surface area contributed by atoms with Gasteiger partial charge in [-0.3, -0.25) is 9.59 Å². The van der Waals surface area contributed by atoms with Crippen molar-refractivity contribution < 1.29 is 19.2 Å². The standard InChI is InChI=1S/C26H32N4O4/c1-19-5-9-21(10-6-19)26(32)30-15-13-22(14-16-30)28-23-11-7-20(18-27-23)8-12-24(31)29-34-25-4-2-3-17-33-25/h5-12,18,22,25H,2-4,13-17H2,1H3,(H,27,28)(H,29,31). The molecular formula is C26H32N4O4. The van der Waals surface area contributed by atoms with E-state index in [2.05, 4.69) is 15.8 Å². The molecule has 34 heavy (non-hydrogen) atoms. The molecule has 4 rings (SSSR count). The fraction of sp³-hybridized carbons (Fsp3) is 0.423. The van der Waals surface area contributed by atoms with Crippen LogP contribution in [0.25, 0.3) is 6.08 Å². The number of carbonyl (C=O) groups excluding carboxylic acids is 2. The minimum Gasteiger partial charge on any atom is -0.367 e. The third-order valence-electron chi connectivity index (χ3n) is 6.08. The molecule has 0 radical (unpaired) electrons. The molecule has 3 heterocycles. The number of nitrogens with one attached hydrogen (secondary N) is 2. The van der Waals surface area contributed by atoms with Gasteiger partial charge in [-0.05, 0) is 68.5 Å². The van der Waals surface area contributed by atoms with Gasteiger partial charge >= 0.3 is 0 Å². The highest BCUT2D eigenvalue weighted by atomic mass is 16.8. The summed E-state index contributed by atoms with van der Waals surface area (Å²) in [5.74, 6) is 0.527. The van der Waals surface area contributed by atoms with Crippen LogP contribution in [0.2, 0.25) is 0 Å². The number of likely N-dealkylation sites (tertiary alicyclic amines) is 1. The van der Waals surface area contributed by atoms with E-state index in [4.69, 9.17) is 9.57 Å². The third-order valence-corrected chi connectivity index (χ3v) is 6.08. The fourth-order valence-corrected chi connectivity index (χ4v) is 4.04. The van der Waals surface area contributed by atoms with Crippen LogP contribution < -0.4 is 10.8 Å². The van der Waals surface area contributed by atoms with Crippen molar-refractivity contribution in [3.8, 4) is 0 Å². The lowest BCUT2D eigenvalue weighted by Crippen LogP contribution is -2.42. The topological polar surface area (TPSA) is 92.8 Å². The van der Waals surface area contributed by atoms with E-state index in [0.29, 0.717) is 19.7 Å². The molecule has 2 amide bonds. The van der Waals surface area contributed by atoms with Gasteiger partial charge in [0.1, 0.15) is 5.82 Å². The van der Waals surface area contributed by atoms with Gasteiger partial charge in [0, 0.05) is 50.0 Å². The fourth-order valence-electron chi connectivity index (χ4n) is 4.04. The number of aromatic nitrogens is 1. The molecule has 0 spiro atoms. The highest BCUT2D eigenvalue weighted by Crippen LogP contribution is 2.18. The second-order valence-corrected chi connectivity index (χ2v) is 8.77. The molecule has 8 nitrogen and oxygen atoms in total. The second-order valence-electron chi connectivity index (χ2n) is 8.77. The average molecular weight is 465 g/mol. The number of aryl methyl sites for hydroxylation is 1. The molecule has 1 aromatic heterocycles. The number of anilines is 1. The summed E-state index contributed by atoms with van der Waals surface area (Å²) < 4.78 is 5.41. The van der Waals surface area contributed by atoms with E-state index in [1.165, 1.54) is 6.08 Å². The zero-order valence-electron chi connectivity index (χ0n) is 19.5. The van der Waals surface area contributed by atoms with E-state index in [9.17, 15) is 9.59 Å². The van der Waals surface area contributed by atoms with Gasteiger partial charge in [-0.1, -0.05) is 17.7 Å². The van der Waals surface area contributed by atoms with E-state index in [-0.39, 0.29) is 24.1 Å². The summed E-state index contributed by atoms with van der Waals surface area (Å²) in [6.07, 6.45) is 9.02. The Morgan fingerprint density at radius 3 is 2.56 bits per heavy atom. The molecule has 8 heteroatoms. The summed E-state index contributed by atoms with van der Waals surface area (Å²) in [5, 5.41) is 3.45. The lowest BCUT2D eigenvalue weighted by Gasteiger charge is -2.32. The van der Waals surface area contributed by atoms with E-state index in [0.717, 1.165) is 54.6 Å². The highest BCUT2D eigenvalue weighted by Gasteiger charge is 2.23. The number of piperidine rings is 1. The molecule has 0 saturated carbocycles. The zero-order chi connectivity index (χ0) is 23.8. The van der Waals surface area contributed by atoms with Crippen molar-refractivity contribution in [3.63, 3.8) is 0 Å². The van der Waals surface area contributed by atoms with Gasteiger partial charge < -0.3 is 15.0 Å². The van der Waals surface area contributed by atoms with E-state index in [1.54, 1.807) is 12.3 Å². The van der Waals surface area contributed by atoms with Crippen molar-refractivity contribution >= 4 is 23.7 Å². The van der Waals surface area contributed by atoms with Gasteiger partial charge in [0.15, 0.2) is 6.29 Å². The van der Waals surface area contributed by atoms with Crippen molar-refractivity contribution in [2.45, 2.75) is 51.4 Å². The van der Waals surface area contributed by atoms with E-state index >= 15 is 0 Å². The van der Waals surface area contributed by atoms with Crippen LogP contribution in [0.1, 0.15) is 53.6 Å². The Morgan fingerprint density at radius 1 is 1.09 bits per heavy atom. The maximum atomic E-state index is 12.7. The first-order chi connectivity index (χ1) is 16.6. The van der Waals surface area contributed by atoms with Gasteiger partial charge in [-0.15, -0.1) is 0 Å². The van der Waals surface area contributed by atoms with Crippen LogP contribution >= 0.6 is 0 Å².